The Kier molecular flexibility index (Phi) is 62.1. The highest BCUT2D eigenvalue weighted by Crippen LogP contribution is 2.33. The molecule has 9 aromatic rings. The van der Waals surface area contributed by atoms with Crippen molar-refractivity contribution in [3.63, 3.8) is 0 Å². The molecule has 2 aliphatic carbocycles. The predicted octanol–water partition coefficient (Wildman–Crippen LogP) is 34.2. The molecule has 0 aliphatic heterocycles. The second-order valence-corrected chi connectivity index (χ2v) is 38.0. The molecule has 0 radical (unpaired) electrons. The van der Waals surface area contributed by atoms with Gasteiger partial charge in [0.25, 0.3) is 0 Å². The van der Waals surface area contributed by atoms with Crippen LogP contribution in [-0.2, 0) is 51.2 Å². The van der Waals surface area contributed by atoms with E-state index >= 15 is 0 Å². The normalized spacial score (nSPS) is 14.8. The molecule has 760 valence electrons. The molecule has 3 N–H and O–H groups in total. The van der Waals surface area contributed by atoms with Crippen molar-refractivity contribution >= 4 is 11.9 Å². The van der Waals surface area contributed by atoms with Gasteiger partial charge in [-0.05, 0) is 329 Å². The Balaban J connectivity index is 0.000000400. The Hall–Kier alpha value is -9.64. The summed E-state index contributed by atoms with van der Waals surface area (Å²) in [6, 6.07) is 75.2. The van der Waals surface area contributed by atoms with Crippen molar-refractivity contribution in [3.05, 3.63) is 281 Å². The van der Waals surface area contributed by atoms with Gasteiger partial charge in [0.05, 0.1) is 23.5 Å². The lowest BCUT2D eigenvalue weighted by molar-refractivity contribution is -0.156. The third-order valence-electron chi connectivity index (χ3n) is 26.3. The summed E-state index contributed by atoms with van der Waals surface area (Å²) < 4.78 is 55.9. The third-order valence-corrected chi connectivity index (χ3v) is 26.3. The van der Waals surface area contributed by atoms with Crippen LogP contribution in [0.4, 0.5) is 0 Å². The molecular weight excluding hydrogens is 1710 g/mol. The zero-order valence-corrected chi connectivity index (χ0v) is 89.4. The van der Waals surface area contributed by atoms with Crippen LogP contribution < -0.4 is 18.9 Å². The number of carbonyl (C=O) groups excluding carboxylic acids is 2. The summed E-state index contributed by atoms with van der Waals surface area (Å²) in [5.74, 6) is 9.36. The van der Waals surface area contributed by atoms with Crippen molar-refractivity contribution in [2.24, 2.45) is 16.7 Å². The van der Waals surface area contributed by atoms with Crippen molar-refractivity contribution < 1.29 is 72.3 Å². The summed E-state index contributed by atoms with van der Waals surface area (Å²) >= 11 is 0. The van der Waals surface area contributed by atoms with Gasteiger partial charge < -0.3 is 62.7 Å². The summed E-state index contributed by atoms with van der Waals surface area (Å²) in [7, 11) is 0. The summed E-state index contributed by atoms with van der Waals surface area (Å²) in [6.07, 6.45) is 23.8. The van der Waals surface area contributed by atoms with Gasteiger partial charge in [0.2, 0.25) is 0 Å². The molecule has 9 aromatic carbocycles. The van der Waals surface area contributed by atoms with Gasteiger partial charge in [-0.2, -0.15) is 0 Å². The maximum Gasteiger partial charge on any atom is 0.311 e. The van der Waals surface area contributed by atoms with Crippen LogP contribution in [0.1, 0.15) is 400 Å². The lowest BCUT2D eigenvalue weighted by atomic mass is 9.87. The monoisotopic (exact) mass is 1890 g/mol. The van der Waals surface area contributed by atoms with E-state index in [1.54, 1.807) is 30.3 Å². The summed E-state index contributed by atoms with van der Waals surface area (Å²) in [4.78, 5) is 23.3. The van der Waals surface area contributed by atoms with Gasteiger partial charge in [-0.25, -0.2) is 0 Å². The molecule has 0 heterocycles. The quantitative estimate of drug-likeness (QED) is 0.0243. The third kappa shape index (κ3) is 51.7. The molecule has 0 bridgehead atoms. The first-order valence-electron chi connectivity index (χ1n) is 51.9. The number of phenols is 3. The SMILES string of the molecule is CCC(C)(C)C(=O)OCc1ccccc1.CCC(C)(C)C(=O)OCc1ccccc1.CCC(C)c1ccc(O)cc1.CCC(C)c1ccc(O)cc1.CCC(C)c1ccc(OC(C)OC2CCCCC2)cc1.CCC(C)c1cccc(O)c1.CCC(C)c1cccc(OC(C)OCCC2CCCCC2)c1.CCOC(C)Oc1ccc(C(C)CC)cc1.CCOC(C)Oc1ccc(C(C)CC)cc1. The standard InChI is InChI=1S/C20H32O2.C18H28O2.2C14H22O2.2C13H18O2.3C10H14O/c1-4-16(2)19-11-8-12-20(15-19)22-17(3)21-14-13-18-9-6-5-7-10-18;1-4-14(2)16-10-12-18(13-11-16)20-15(3)19-17-8-6-5-7-9-17;2*1-5-11(3)13-7-9-14(10-8-13)16-12(4)15-6-2;2*1-4-13(2,3)12(14)15-10-11-8-6-5-7-9-11;2*1-3-8(2)9-4-6-10(11)7-5-9;1-3-8(2)9-5-4-6-10(11)7-9/h8,11-12,15-18H,4-7,9-10,13-14H2,1-3H3;10-15,17H,4-9H2,1-3H3;2*7-12H,5-6H2,1-4H3;2*5-9H,4,10H2,1-3H3;3*4-8,11H,3H2,1-2H3. The fourth-order valence-electron chi connectivity index (χ4n) is 14.4. The molecule has 137 heavy (non-hydrogen) atoms. The van der Waals surface area contributed by atoms with Crippen LogP contribution in [0.15, 0.2) is 231 Å². The molecule has 11 unspecified atom stereocenters. The van der Waals surface area contributed by atoms with Crippen LogP contribution in [0, 0.1) is 16.7 Å². The van der Waals surface area contributed by atoms with Crippen LogP contribution >= 0.6 is 0 Å². The zero-order chi connectivity index (χ0) is 102. The minimum Gasteiger partial charge on any atom is -0.508 e. The number of carbonyl (C=O) groups is 2. The van der Waals surface area contributed by atoms with Gasteiger partial charge >= 0.3 is 11.9 Å². The minimum absolute atomic E-state index is 0.131. The minimum atomic E-state index is -0.380. The van der Waals surface area contributed by atoms with Crippen LogP contribution in [0.3, 0.4) is 0 Å². The van der Waals surface area contributed by atoms with E-state index < -0.39 is 0 Å². The maximum absolute atomic E-state index is 11.6. The van der Waals surface area contributed by atoms with Gasteiger partial charge in [-0.1, -0.05) is 308 Å². The molecular formula is C122H182O15. The number of hydrogen-bond donors (Lipinski definition) is 3. The van der Waals surface area contributed by atoms with E-state index in [1.165, 1.54) is 116 Å². The smallest absolute Gasteiger partial charge is 0.311 e. The van der Waals surface area contributed by atoms with Crippen molar-refractivity contribution in [1.29, 1.82) is 0 Å². The maximum atomic E-state index is 11.6. The van der Waals surface area contributed by atoms with Crippen molar-refractivity contribution in [1.82, 2.24) is 0 Å². The van der Waals surface area contributed by atoms with E-state index in [0.717, 1.165) is 98.0 Å². The molecule has 2 aliphatic rings. The molecule has 15 heteroatoms. The molecule has 2 fully saturated rings. The molecule has 0 saturated heterocycles. The number of ether oxygens (including phenoxy) is 10. The van der Waals surface area contributed by atoms with E-state index in [1.807, 2.05) is 217 Å². The summed E-state index contributed by atoms with van der Waals surface area (Å²) in [5.41, 5.74) is 10.5. The number of esters is 2. The van der Waals surface area contributed by atoms with Crippen molar-refractivity contribution in [2.45, 2.75) is 394 Å². The number of rotatable bonds is 40. The number of benzene rings is 9. The van der Waals surface area contributed by atoms with E-state index in [4.69, 9.17) is 62.7 Å². The molecule has 11 rings (SSSR count). The first-order chi connectivity index (χ1) is 65.5. The molecule has 0 aromatic heterocycles. The molecule has 0 amide bonds. The topological polar surface area (TPSA) is 187 Å². The molecule has 15 nitrogen and oxygen atoms in total. The average Bonchev–Trinajstić information content (AvgIpc) is 0.910. The second kappa shape index (κ2) is 70.1. The first-order valence-corrected chi connectivity index (χ1v) is 51.9. The second-order valence-electron chi connectivity index (χ2n) is 38.0. The van der Waals surface area contributed by atoms with Crippen molar-refractivity contribution in [2.75, 3.05) is 19.8 Å². The van der Waals surface area contributed by atoms with E-state index in [-0.39, 0.29) is 47.9 Å². The van der Waals surface area contributed by atoms with Gasteiger partial charge in [-0.3, -0.25) is 9.59 Å². The highest BCUT2D eigenvalue weighted by atomic mass is 16.7. The van der Waals surface area contributed by atoms with Crippen LogP contribution in [-0.4, -0.2) is 78.3 Å². The van der Waals surface area contributed by atoms with Crippen LogP contribution in [0.25, 0.3) is 0 Å². The van der Waals surface area contributed by atoms with E-state index in [2.05, 4.69) is 164 Å². The Morgan fingerprint density at radius 2 is 0.606 bits per heavy atom. The highest BCUT2D eigenvalue weighted by Gasteiger charge is 2.29. The van der Waals surface area contributed by atoms with E-state index in [9.17, 15) is 9.59 Å². The van der Waals surface area contributed by atoms with Crippen LogP contribution in [0.5, 0.6) is 40.2 Å². The van der Waals surface area contributed by atoms with Gasteiger partial charge in [0.15, 0.2) is 25.2 Å². The Morgan fingerprint density at radius 1 is 0.307 bits per heavy atom. The average molecular weight is 1890 g/mol. The van der Waals surface area contributed by atoms with Gasteiger partial charge in [-0.15, -0.1) is 0 Å². The predicted molar refractivity (Wildman–Crippen MR) is 570 cm³/mol. The fourth-order valence-corrected chi connectivity index (χ4v) is 14.4. The number of phenolic OH excluding ortho intramolecular Hbond substituents is 3. The number of aromatic hydroxyl groups is 3. The highest BCUT2D eigenvalue weighted by molar-refractivity contribution is 5.76. The zero-order valence-electron chi connectivity index (χ0n) is 89.4. The van der Waals surface area contributed by atoms with E-state index in [0.29, 0.717) is 91.2 Å². The molecule has 2 saturated carbocycles. The number of hydrogen-bond acceptors (Lipinski definition) is 15. The largest absolute Gasteiger partial charge is 0.508 e. The molecule has 11 atom stereocenters. The van der Waals surface area contributed by atoms with Crippen molar-refractivity contribution in [3.8, 4) is 40.2 Å². The Labute approximate surface area is 831 Å². The summed E-state index contributed by atoms with van der Waals surface area (Å²) in [5, 5.41) is 27.2. The van der Waals surface area contributed by atoms with Crippen LogP contribution in [0.2, 0.25) is 0 Å². The lowest BCUT2D eigenvalue weighted by Crippen LogP contribution is -2.26. The Bertz CT molecular complexity index is 4300. The van der Waals surface area contributed by atoms with Gasteiger partial charge in [0.1, 0.15) is 53.5 Å². The lowest BCUT2D eigenvalue weighted by Gasteiger charge is -2.26. The first kappa shape index (κ1) is 122. The molecule has 0 spiro atoms. The fraction of sp³-hybridized carbons (Fsp3) is 0.541. The summed E-state index contributed by atoms with van der Waals surface area (Å²) in [6.45, 7) is 57.0. The van der Waals surface area contributed by atoms with Gasteiger partial charge in [0, 0.05) is 13.2 Å². The Morgan fingerprint density at radius 3 is 0.934 bits per heavy atom.